The second-order valence-corrected chi connectivity index (χ2v) is 7.61. The van der Waals surface area contributed by atoms with Gasteiger partial charge in [-0.05, 0) is 31.9 Å². The van der Waals surface area contributed by atoms with Crippen LogP contribution >= 0.6 is 15.9 Å². The fourth-order valence-electron chi connectivity index (χ4n) is 3.69. The molecular formula is C20H20BrN3O3. The van der Waals surface area contributed by atoms with Crippen LogP contribution in [0.3, 0.4) is 0 Å². The Kier molecular flexibility index (Phi) is 4.86. The largest absolute Gasteiger partial charge is 0.361 e. The summed E-state index contributed by atoms with van der Waals surface area (Å²) in [7, 11) is 0. The zero-order chi connectivity index (χ0) is 19.0. The molecule has 0 aliphatic carbocycles. The lowest BCUT2D eigenvalue weighted by Crippen LogP contribution is -2.31. The molecule has 27 heavy (non-hydrogen) atoms. The van der Waals surface area contributed by atoms with Gasteiger partial charge in [-0.1, -0.05) is 45.3 Å². The first-order chi connectivity index (χ1) is 13.1. The number of aromatic nitrogens is 2. The number of hydrogen-bond acceptors (Lipinski definition) is 5. The van der Waals surface area contributed by atoms with Crippen LogP contribution in [0.5, 0.6) is 0 Å². The van der Waals surface area contributed by atoms with E-state index in [2.05, 4.69) is 26.2 Å². The van der Waals surface area contributed by atoms with Crippen LogP contribution in [0.15, 0.2) is 43.9 Å². The molecule has 1 aromatic carbocycles. The number of likely N-dealkylation sites (tertiary alicyclic amines) is 1. The molecule has 0 radical (unpaired) electrons. The van der Waals surface area contributed by atoms with E-state index in [1.807, 2.05) is 43.0 Å². The monoisotopic (exact) mass is 429 g/mol. The van der Waals surface area contributed by atoms with Crippen molar-refractivity contribution in [3.05, 3.63) is 57.5 Å². The maximum atomic E-state index is 13.1. The third-order valence-corrected chi connectivity index (χ3v) is 5.54. The lowest BCUT2D eigenvalue weighted by atomic mass is 10.0. The topological polar surface area (TPSA) is 72.4 Å². The van der Waals surface area contributed by atoms with Crippen molar-refractivity contribution in [2.24, 2.45) is 0 Å². The molecule has 1 fully saturated rings. The maximum absolute atomic E-state index is 13.1. The van der Waals surface area contributed by atoms with Crippen LogP contribution < -0.4 is 0 Å². The summed E-state index contributed by atoms with van der Waals surface area (Å²) >= 11 is 3.41. The molecule has 4 rings (SSSR count). The molecule has 6 nitrogen and oxygen atoms in total. The molecule has 1 aliphatic heterocycles. The second kappa shape index (κ2) is 7.31. The van der Waals surface area contributed by atoms with E-state index in [0.717, 1.165) is 46.3 Å². The van der Waals surface area contributed by atoms with Gasteiger partial charge in [0.25, 0.3) is 5.91 Å². The third kappa shape index (κ3) is 3.32. The smallest absolute Gasteiger partial charge is 0.276 e. The van der Waals surface area contributed by atoms with Gasteiger partial charge in [0.1, 0.15) is 5.76 Å². The highest BCUT2D eigenvalue weighted by Crippen LogP contribution is 2.37. The van der Waals surface area contributed by atoms with Crippen molar-refractivity contribution in [1.29, 1.82) is 0 Å². The van der Waals surface area contributed by atoms with Crippen LogP contribution in [0.1, 0.15) is 53.3 Å². The van der Waals surface area contributed by atoms with Crippen molar-refractivity contribution in [2.45, 2.75) is 39.2 Å². The highest BCUT2D eigenvalue weighted by atomic mass is 79.9. The molecule has 1 saturated heterocycles. The van der Waals surface area contributed by atoms with Gasteiger partial charge in [-0.15, -0.1) is 0 Å². The molecule has 0 unspecified atom stereocenters. The van der Waals surface area contributed by atoms with Crippen molar-refractivity contribution in [1.82, 2.24) is 15.2 Å². The minimum absolute atomic E-state index is 0.0217. The van der Waals surface area contributed by atoms with E-state index in [1.54, 1.807) is 6.07 Å². The van der Waals surface area contributed by atoms with Gasteiger partial charge in [-0.2, -0.15) is 0 Å². The number of carbonyl (C=O) groups is 1. The first kappa shape index (κ1) is 18.0. The van der Waals surface area contributed by atoms with Crippen LogP contribution in [0.25, 0.3) is 11.3 Å². The van der Waals surface area contributed by atoms with Crippen LogP contribution in [0.4, 0.5) is 0 Å². The minimum Gasteiger partial charge on any atom is -0.361 e. The maximum Gasteiger partial charge on any atom is 0.276 e. The molecule has 3 aromatic rings. The van der Waals surface area contributed by atoms with Crippen molar-refractivity contribution in [3.63, 3.8) is 0 Å². The third-order valence-electron chi connectivity index (χ3n) is 5.01. The van der Waals surface area contributed by atoms with Gasteiger partial charge in [0.2, 0.25) is 0 Å². The zero-order valence-corrected chi connectivity index (χ0v) is 16.8. The van der Waals surface area contributed by atoms with E-state index < -0.39 is 0 Å². The van der Waals surface area contributed by atoms with E-state index in [1.165, 1.54) is 0 Å². The first-order valence-corrected chi connectivity index (χ1v) is 9.86. The van der Waals surface area contributed by atoms with Crippen LogP contribution in [0, 0.1) is 6.92 Å². The quantitative estimate of drug-likeness (QED) is 0.586. The summed E-state index contributed by atoms with van der Waals surface area (Å²) in [5.41, 5.74) is 3.10. The number of aryl methyl sites for hydroxylation is 2. The molecule has 0 saturated carbocycles. The summed E-state index contributed by atoms with van der Waals surface area (Å²) in [6, 6.07) is 9.39. The summed E-state index contributed by atoms with van der Waals surface area (Å²) < 4.78 is 11.8. The van der Waals surface area contributed by atoms with E-state index in [9.17, 15) is 4.79 Å². The number of benzene rings is 1. The summed E-state index contributed by atoms with van der Waals surface area (Å²) in [4.78, 5) is 15.0. The number of amides is 1. The van der Waals surface area contributed by atoms with Crippen molar-refractivity contribution >= 4 is 21.8 Å². The highest BCUT2D eigenvalue weighted by Gasteiger charge is 2.35. The lowest BCUT2D eigenvalue weighted by molar-refractivity contribution is 0.0724. The van der Waals surface area contributed by atoms with Crippen LogP contribution in [0.2, 0.25) is 0 Å². The number of hydrogen-bond donors (Lipinski definition) is 0. The molecule has 140 valence electrons. The second-order valence-electron chi connectivity index (χ2n) is 6.70. The summed E-state index contributed by atoms with van der Waals surface area (Å²) in [5, 5.41) is 8.12. The number of rotatable bonds is 4. The van der Waals surface area contributed by atoms with Crippen molar-refractivity contribution in [2.75, 3.05) is 6.54 Å². The van der Waals surface area contributed by atoms with Crippen molar-refractivity contribution in [3.8, 4) is 11.3 Å². The molecular weight excluding hydrogens is 410 g/mol. The Hall–Kier alpha value is -2.41. The SMILES string of the molecule is CCc1onc(C)c1[C@@H]1CCCN1C(=O)c1cc(-c2ccc(Br)cc2)on1. The molecule has 1 atom stereocenters. The van der Waals surface area contributed by atoms with E-state index >= 15 is 0 Å². The molecule has 0 spiro atoms. The fourth-order valence-corrected chi connectivity index (χ4v) is 3.95. The van der Waals surface area contributed by atoms with Crippen molar-refractivity contribution < 1.29 is 13.8 Å². The Morgan fingerprint density at radius 1 is 1.26 bits per heavy atom. The molecule has 1 aliphatic rings. The first-order valence-electron chi connectivity index (χ1n) is 9.07. The molecule has 1 amide bonds. The number of halogens is 1. The number of nitrogens with zero attached hydrogens (tertiary/aromatic N) is 3. The molecule has 7 heteroatoms. The molecule has 3 heterocycles. The normalized spacial score (nSPS) is 16.9. The van der Waals surface area contributed by atoms with Gasteiger partial charge in [-0.3, -0.25) is 4.79 Å². The Morgan fingerprint density at radius 3 is 2.78 bits per heavy atom. The van der Waals surface area contributed by atoms with E-state index in [-0.39, 0.29) is 11.9 Å². The van der Waals surface area contributed by atoms with Gasteiger partial charge < -0.3 is 13.9 Å². The lowest BCUT2D eigenvalue weighted by Gasteiger charge is -2.24. The summed E-state index contributed by atoms with van der Waals surface area (Å²) in [5.74, 6) is 1.32. The summed E-state index contributed by atoms with van der Waals surface area (Å²) in [6.07, 6.45) is 2.60. The predicted molar refractivity (Wildman–Crippen MR) is 103 cm³/mol. The van der Waals surface area contributed by atoms with E-state index in [4.69, 9.17) is 9.05 Å². The Labute approximate surface area is 165 Å². The van der Waals surface area contributed by atoms with Gasteiger partial charge in [-0.25, -0.2) is 0 Å². The fraction of sp³-hybridized carbons (Fsp3) is 0.350. The number of carbonyl (C=O) groups excluding carboxylic acids is 1. The highest BCUT2D eigenvalue weighted by molar-refractivity contribution is 9.10. The Balaban J connectivity index is 1.60. The predicted octanol–water partition coefficient (Wildman–Crippen LogP) is 4.94. The zero-order valence-electron chi connectivity index (χ0n) is 15.2. The van der Waals surface area contributed by atoms with Gasteiger partial charge >= 0.3 is 0 Å². The van der Waals surface area contributed by atoms with Gasteiger partial charge in [0.15, 0.2) is 11.5 Å². The Bertz CT molecular complexity index is 961. The van der Waals surface area contributed by atoms with Crippen LogP contribution in [-0.4, -0.2) is 27.7 Å². The van der Waals surface area contributed by atoms with E-state index in [0.29, 0.717) is 18.0 Å². The van der Waals surface area contributed by atoms with Crippen LogP contribution in [-0.2, 0) is 6.42 Å². The molecule has 0 bridgehead atoms. The average Bonchev–Trinajstić information content (AvgIpc) is 3.40. The minimum atomic E-state index is -0.118. The summed E-state index contributed by atoms with van der Waals surface area (Å²) in [6.45, 7) is 4.66. The molecule has 0 N–H and O–H groups in total. The average molecular weight is 430 g/mol. The standard InChI is InChI=1S/C20H20BrN3O3/c1-3-17-19(12(2)22-26-17)16-5-4-10-24(16)20(25)15-11-18(27-23-15)13-6-8-14(21)9-7-13/h6-9,11,16H,3-5,10H2,1-2H3/t16-/m0/s1. The van der Waals surface area contributed by atoms with Gasteiger partial charge in [0, 0.05) is 34.6 Å². The Morgan fingerprint density at radius 2 is 2.04 bits per heavy atom. The van der Waals surface area contributed by atoms with Gasteiger partial charge in [0.05, 0.1) is 11.7 Å². The molecule has 2 aromatic heterocycles.